The molecule has 0 aromatic heterocycles. The zero-order valence-electron chi connectivity index (χ0n) is 19.9. The Kier molecular flexibility index (Phi) is 7.88. The number of carbonyl (C=O) groups is 2. The van der Waals surface area contributed by atoms with Crippen molar-refractivity contribution in [2.45, 2.75) is 59.8 Å². The first-order valence-corrected chi connectivity index (χ1v) is 11.6. The molecule has 0 spiro atoms. The van der Waals surface area contributed by atoms with E-state index in [-0.39, 0.29) is 17.8 Å². The molecule has 6 nitrogen and oxygen atoms in total. The van der Waals surface area contributed by atoms with E-state index in [2.05, 4.69) is 13.8 Å². The van der Waals surface area contributed by atoms with E-state index in [0.717, 1.165) is 24.1 Å². The lowest BCUT2D eigenvalue weighted by atomic mass is 9.63. The number of hydrogen-bond acceptors (Lipinski definition) is 6. The molecule has 1 fully saturated rings. The number of aliphatic imine (C=N–C) groups is 1. The van der Waals surface area contributed by atoms with Crippen LogP contribution in [0.1, 0.15) is 65.4 Å². The molecule has 1 saturated carbocycles. The van der Waals surface area contributed by atoms with Gasteiger partial charge in [0.2, 0.25) is 0 Å². The maximum atomic E-state index is 13.4. The molecule has 1 unspecified atom stereocenters. The standard InChI is InChI=1S/C26H35NO5/c1-6-12-31-21-11-9-8-10-18(21)23-22(25(29)32-14-13-30-7-2)17(3)27-19-15-26(4,5)16-20(28)24(19)23/h8-11,23-24H,6-7,12-16H2,1-5H3/t23-,24?/m0/s1. The molecule has 174 valence electrons. The van der Waals surface area contributed by atoms with E-state index in [4.69, 9.17) is 19.2 Å². The third-order valence-corrected chi connectivity index (χ3v) is 5.96. The Morgan fingerprint density at radius 2 is 1.84 bits per heavy atom. The van der Waals surface area contributed by atoms with E-state index in [1.807, 2.05) is 45.0 Å². The van der Waals surface area contributed by atoms with Crippen molar-refractivity contribution in [2.75, 3.05) is 26.4 Å². The van der Waals surface area contributed by atoms with Crippen LogP contribution in [-0.4, -0.2) is 43.9 Å². The summed E-state index contributed by atoms with van der Waals surface area (Å²) in [5.74, 6) is -0.586. The average Bonchev–Trinajstić information content (AvgIpc) is 2.73. The van der Waals surface area contributed by atoms with Gasteiger partial charge in [0, 0.05) is 35.9 Å². The monoisotopic (exact) mass is 441 g/mol. The molecule has 0 saturated heterocycles. The molecule has 0 bridgehead atoms. The molecule has 0 N–H and O–H groups in total. The summed E-state index contributed by atoms with van der Waals surface area (Å²) in [5, 5.41) is 0. The van der Waals surface area contributed by atoms with E-state index in [1.165, 1.54) is 0 Å². The van der Waals surface area contributed by atoms with E-state index >= 15 is 0 Å². The molecular weight excluding hydrogens is 406 g/mol. The minimum atomic E-state index is -0.479. The number of allylic oxidation sites excluding steroid dienone is 1. The van der Waals surface area contributed by atoms with Crippen molar-refractivity contribution in [2.24, 2.45) is 16.3 Å². The van der Waals surface area contributed by atoms with Gasteiger partial charge >= 0.3 is 5.97 Å². The highest BCUT2D eigenvalue weighted by Crippen LogP contribution is 2.48. The molecule has 2 atom stereocenters. The fourth-order valence-electron chi connectivity index (χ4n) is 4.69. The number of Topliss-reactive ketones (excluding diaryl/α,β-unsaturated/α-hetero) is 1. The van der Waals surface area contributed by atoms with E-state index in [9.17, 15) is 9.59 Å². The van der Waals surface area contributed by atoms with Gasteiger partial charge in [0.25, 0.3) is 0 Å². The predicted octanol–water partition coefficient (Wildman–Crippen LogP) is 4.87. The second kappa shape index (κ2) is 10.4. The summed E-state index contributed by atoms with van der Waals surface area (Å²) < 4.78 is 16.9. The number of nitrogens with zero attached hydrogens (tertiary/aromatic N) is 1. The third kappa shape index (κ3) is 5.29. The van der Waals surface area contributed by atoms with Crippen molar-refractivity contribution in [1.29, 1.82) is 0 Å². The Morgan fingerprint density at radius 3 is 2.56 bits per heavy atom. The van der Waals surface area contributed by atoms with Crippen molar-refractivity contribution in [3.05, 3.63) is 41.1 Å². The zero-order chi connectivity index (χ0) is 23.3. The number of esters is 1. The van der Waals surface area contributed by atoms with Crippen LogP contribution in [-0.2, 0) is 19.1 Å². The molecule has 3 rings (SSSR count). The highest BCUT2D eigenvalue weighted by molar-refractivity contribution is 6.12. The van der Waals surface area contributed by atoms with Gasteiger partial charge in [-0.1, -0.05) is 39.0 Å². The number of benzene rings is 1. The summed E-state index contributed by atoms with van der Waals surface area (Å²) >= 11 is 0. The molecule has 1 aromatic carbocycles. The highest BCUT2D eigenvalue weighted by Gasteiger charge is 2.48. The van der Waals surface area contributed by atoms with Gasteiger partial charge in [0.15, 0.2) is 0 Å². The largest absolute Gasteiger partial charge is 0.493 e. The summed E-state index contributed by atoms with van der Waals surface area (Å²) in [6.07, 6.45) is 2.04. The van der Waals surface area contributed by atoms with Crippen LogP contribution in [0, 0.1) is 11.3 Å². The molecule has 1 aromatic rings. The lowest BCUT2D eigenvalue weighted by Gasteiger charge is -2.41. The number of ketones is 1. The first kappa shape index (κ1) is 24.2. The molecule has 32 heavy (non-hydrogen) atoms. The van der Waals surface area contributed by atoms with Crippen LogP contribution >= 0.6 is 0 Å². The molecule has 0 radical (unpaired) electrons. The number of carbonyl (C=O) groups excluding carboxylic acids is 2. The molecule has 0 amide bonds. The van der Waals surface area contributed by atoms with Gasteiger partial charge in [-0.3, -0.25) is 9.79 Å². The number of hydrogen-bond donors (Lipinski definition) is 0. The van der Waals surface area contributed by atoms with Crippen LogP contribution in [0.15, 0.2) is 40.5 Å². The van der Waals surface area contributed by atoms with Gasteiger partial charge in [-0.05, 0) is 38.2 Å². The summed E-state index contributed by atoms with van der Waals surface area (Å²) in [6.45, 7) is 11.6. The number of rotatable bonds is 9. The van der Waals surface area contributed by atoms with Crippen LogP contribution in [0.4, 0.5) is 0 Å². The van der Waals surface area contributed by atoms with Crippen molar-refractivity contribution in [1.82, 2.24) is 0 Å². The fraction of sp³-hybridized carbons (Fsp3) is 0.577. The maximum absolute atomic E-state index is 13.4. The van der Waals surface area contributed by atoms with Crippen molar-refractivity contribution >= 4 is 17.5 Å². The molecule has 1 aliphatic heterocycles. The van der Waals surface area contributed by atoms with Gasteiger partial charge in [-0.2, -0.15) is 0 Å². The van der Waals surface area contributed by atoms with Crippen LogP contribution in [0.2, 0.25) is 0 Å². The summed E-state index contributed by atoms with van der Waals surface area (Å²) in [5.41, 5.74) is 2.59. The molecule has 2 aliphatic rings. The van der Waals surface area contributed by atoms with Gasteiger partial charge < -0.3 is 14.2 Å². The lowest BCUT2D eigenvalue weighted by molar-refractivity contribution is -0.141. The normalized spacial score (nSPS) is 22.3. The van der Waals surface area contributed by atoms with Crippen molar-refractivity contribution in [3.8, 4) is 5.75 Å². The quantitative estimate of drug-likeness (QED) is 0.404. The third-order valence-electron chi connectivity index (χ3n) is 5.96. The SMILES string of the molecule is CCCOc1ccccc1[C@H]1C(C(=O)OCCOCC)=C(C)N=C2CC(C)(C)CC(=O)C21. The Morgan fingerprint density at radius 1 is 1.09 bits per heavy atom. The highest BCUT2D eigenvalue weighted by atomic mass is 16.6. The predicted molar refractivity (Wildman–Crippen MR) is 124 cm³/mol. The lowest BCUT2D eigenvalue weighted by Crippen LogP contribution is -2.44. The molecular formula is C26H35NO5. The Balaban J connectivity index is 2.07. The van der Waals surface area contributed by atoms with Crippen LogP contribution in [0.25, 0.3) is 0 Å². The van der Waals surface area contributed by atoms with E-state index in [1.54, 1.807) is 0 Å². The van der Waals surface area contributed by atoms with Crippen LogP contribution < -0.4 is 4.74 Å². The molecule has 1 heterocycles. The van der Waals surface area contributed by atoms with Crippen LogP contribution in [0.3, 0.4) is 0 Å². The Hall–Kier alpha value is -2.47. The van der Waals surface area contributed by atoms with Gasteiger partial charge in [-0.15, -0.1) is 0 Å². The minimum absolute atomic E-state index is 0.113. The Bertz CT molecular complexity index is 915. The zero-order valence-corrected chi connectivity index (χ0v) is 19.9. The first-order valence-electron chi connectivity index (χ1n) is 11.6. The van der Waals surface area contributed by atoms with Gasteiger partial charge in [0.05, 0.1) is 24.7 Å². The number of para-hydroxylation sites is 1. The van der Waals surface area contributed by atoms with Crippen molar-refractivity contribution < 1.29 is 23.8 Å². The second-order valence-corrected chi connectivity index (χ2v) is 9.26. The smallest absolute Gasteiger partial charge is 0.336 e. The topological polar surface area (TPSA) is 74.2 Å². The summed E-state index contributed by atoms with van der Waals surface area (Å²) in [6, 6.07) is 7.69. The summed E-state index contributed by atoms with van der Waals surface area (Å²) in [7, 11) is 0. The number of fused-ring (bicyclic) bond motifs is 1. The van der Waals surface area contributed by atoms with E-state index in [0.29, 0.717) is 43.3 Å². The Labute approximate surface area is 191 Å². The van der Waals surface area contributed by atoms with Crippen molar-refractivity contribution in [3.63, 3.8) is 0 Å². The van der Waals surface area contributed by atoms with Crippen LogP contribution in [0.5, 0.6) is 5.75 Å². The van der Waals surface area contributed by atoms with Gasteiger partial charge in [-0.25, -0.2) is 4.79 Å². The fourth-order valence-corrected chi connectivity index (χ4v) is 4.69. The molecule has 6 heteroatoms. The minimum Gasteiger partial charge on any atom is -0.493 e. The average molecular weight is 442 g/mol. The summed E-state index contributed by atoms with van der Waals surface area (Å²) in [4.78, 5) is 31.4. The second-order valence-electron chi connectivity index (χ2n) is 9.26. The first-order chi connectivity index (χ1) is 15.3. The maximum Gasteiger partial charge on any atom is 0.336 e. The number of ether oxygens (including phenoxy) is 3. The molecule has 1 aliphatic carbocycles. The van der Waals surface area contributed by atoms with Gasteiger partial charge in [0.1, 0.15) is 18.1 Å². The van der Waals surface area contributed by atoms with E-state index < -0.39 is 17.8 Å².